The molecule has 0 bridgehead atoms. The molecule has 0 saturated carbocycles. The van der Waals surface area contributed by atoms with E-state index in [9.17, 15) is 0 Å². The molecule has 3 N–H and O–H groups in total. The third-order valence-electron chi connectivity index (χ3n) is 3.18. The molecule has 0 amide bonds. The molecule has 0 aliphatic heterocycles. The molecule has 2 aromatic rings. The molecule has 2 rings (SSSR count). The van der Waals surface area contributed by atoms with Gasteiger partial charge in [-0.1, -0.05) is 23.7 Å². The lowest BCUT2D eigenvalue weighted by Crippen LogP contribution is -2.31. The van der Waals surface area contributed by atoms with Gasteiger partial charge in [-0.3, -0.25) is 10.5 Å². The number of hydrogen-bond donors (Lipinski definition) is 2. The van der Waals surface area contributed by atoms with Crippen LogP contribution in [0.25, 0.3) is 0 Å². The number of nitrogens with two attached hydrogens (primary N) is 1. The number of aromatic nitrogens is 2. The maximum absolute atomic E-state index is 6.19. The summed E-state index contributed by atoms with van der Waals surface area (Å²) in [5, 5.41) is 5.08. The second kappa shape index (κ2) is 5.74. The lowest BCUT2D eigenvalue weighted by atomic mass is 10.0. The Labute approximate surface area is 118 Å². The summed E-state index contributed by atoms with van der Waals surface area (Å²) in [6, 6.07) is 8.10. The number of benzene rings is 1. The van der Waals surface area contributed by atoms with Gasteiger partial charge in [-0.2, -0.15) is 5.10 Å². The summed E-state index contributed by atoms with van der Waals surface area (Å²) in [5.74, 6) is 5.72. The van der Waals surface area contributed by atoms with Crippen molar-refractivity contribution in [2.75, 3.05) is 0 Å². The zero-order valence-electron chi connectivity index (χ0n) is 11.4. The fraction of sp³-hybridized carbons (Fsp3) is 0.357. The summed E-state index contributed by atoms with van der Waals surface area (Å²) < 4.78 is 1.96. The van der Waals surface area contributed by atoms with Gasteiger partial charge in [0, 0.05) is 17.3 Å². The van der Waals surface area contributed by atoms with Crippen LogP contribution < -0.4 is 11.3 Å². The van der Waals surface area contributed by atoms with Crippen molar-refractivity contribution in [1.29, 1.82) is 0 Å². The first-order chi connectivity index (χ1) is 9.04. The van der Waals surface area contributed by atoms with Crippen LogP contribution >= 0.6 is 11.6 Å². The van der Waals surface area contributed by atoms with Gasteiger partial charge in [-0.05, 0) is 44.0 Å². The van der Waals surface area contributed by atoms with E-state index in [-0.39, 0.29) is 12.1 Å². The summed E-state index contributed by atoms with van der Waals surface area (Å²) >= 11 is 6.19. The quantitative estimate of drug-likeness (QED) is 0.668. The molecule has 1 atom stereocenters. The lowest BCUT2D eigenvalue weighted by molar-refractivity contribution is 0.476. The van der Waals surface area contributed by atoms with Gasteiger partial charge in [0.05, 0.1) is 11.7 Å². The van der Waals surface area contributed by atoms with Crippen LogP contribution in [-0.4, -0.2) is 9.78 Å². The summed E-state index contributed by atoms with van der Waals surface area (Å²) in [4.78, 5) is 0. The van der Waals surface area contributed by atoms with Crippen LogP contribution in [0.3, 0.4) is 0 Å². The minimum Gasteiger partial charge on any atom is -0.271 e. The van der Waals surface area contributed by atoms with Crippen LogP contribution in [0.2, 0.25) is 5.02 Å². The first kappa shape index (κ1) is 14.1. The van der Waals surface area contributed by atoms with E-state index in [1.807, 2.05) is 35.9 Å². The number of aryl methyl sites for hydroxylation is 1. The van der Waals surface area contributed by atoms with E-state index in [1.165, 1.54) is 0 Å². The Morgan fingerprint density at radius 3 is 2.63 bits per heavy atom. The topological polar surface area (TPSA) is 55.9 Å². The highest BCUT2D eigenvalue weighted by Crippen LogP contribution is 2.26. The first-order valence-corrected chi connectivity index (χ1v) is 6.68. The van der Waals surface area contributed by atoms with Gasteiger partial charge in [-0.15, -0.1) is 0 Å². The summed E-state index contributed by atoms with van der Waals surface area (Å²) in [7, 11) is 0. The normalized spacial score (nSPS) is 12.9. The van der Waals surface area contributed by atoms with Crippen molar-refractivity contribution < 1.29 is 0 Å². The zero-order valence-corrected chi connectivity index (χ0v) is 12.1. The van der Waals surface area contributed by atoms with Crippen molar-refractivity contribution in [2.45, 2.75) is 32.9 Å². The molecule has 0 spiro atoms. The Morgan fingerprint density at radius 1 is 1.32 bits per heavy atom. The maximum atomic E-state index is 6.19. The van der Waals surface area contributed by atoms with Gasteiger partial charge in [0.25, 0.3) is 0 Å². The minimum atomic E-state index is -0.122. The Bertz CT molecular complexity index is 562. The van der Waals surface area contributed by atoms with Crippen molar-refractivity contribution in [1.82, 2.24) is 15.2 Å². The van der Waals surface area contributed by atoms with Gasteiger partial charge in [0.1, 0.15) is 0 Å². The number of hydrazine groups is 1. The molecular weight excluding hydrogens is 260 g/mol. The number of rotatable bonds is 4. The molecule has 0 radical (unpaired) electrons. The van der Waals surface area contributed by atoms with Crippen LogP contribution in [0.4, 0.5) is 0 Å². The van der Waals surface area contributed by atoms with Gasteiger partial charge in [0.2, 0.25) is 0 Å². The fourth-order valence-corrected chi connectivity index (χ4v) is 2.31. The zero-order chi connectivity index (χ0) is 14.0. The van der Waals surface area contributed by atoms with Gasteiger partial charge in [-0.25, -0.2) is 5.43 Å². The molecule has 0 saturated heterocycles. The monoisotopic (exact) mass is 278 g/mol. The number of nitrogens with zero attached hydrogens (tertiary/aromatic N) is 2. The lowest BCUT2D eigenvalue weighted by Gasteiger charge is -2.20. The van der Waals surface area contributed by atoms with Crippen molar-refractivity contribution >= 4 is 11.6 Å². The molecule has 19 heavy (non-hydrogen) atoms. The summed E-state index contributed by atoms with van der Waals surface area (Å²) in [6.45, 7) is 6.16. The Hall–Kier alpha value is -1.36. The summed E-state index contributed by atoms with van der Waals surface area (Å²) in [6.07, 6.45) is 1.79. The average molecular weight is 279 g/mol. The van der Waals surface area contributed by atoms with Crippen LogP contribution in [0, 0.1) is 6.92 Å². The molecule has 4 nitrogen and oxygen atoms in total. The number of hydrogen-bond acceptors (Lipinski definition) is 3. The molecule has 5 heteroatoms. The van der Waals surface area contributed by atoms with E-state index >= 15 is 0 Å². The van der Waals surface area contributed by atoms with Crippen molar-refractivity contribution in [3.63, 3.8) is 0 Å². The van der Waals surface area contributed by atoms with Gasteiger partial charge in [0.15, 0.2) is 0 Å². The second-order valence-electron chi connectivity index (χ2n) is 4.90. The second-order valence-corrected chi connectivity index (χ2v) is 5.31. The molecule has 0 aliphatic carbocycles. The highest BCUT2D eigenvalue weighted by Gasteiger charge is 2.18. The first-order valence-electron chi connectivity index (χ1n) is 6.30. The molecular formula is C14H19ClN4. The molecule has 0 aliphatic rings. The average Bonchev–Trinajstić information content (AvgIpc) is 2.84. The van der Waals surface area contributed by atoms with Crippen LogP contribution in [0.15, 0.2) is 30.5 Å². The predicted octanol–water partition coefficient (Wildman–Crippen LogP) is 2.98. The SMILES string of the molecule is Cc1ccc(C(NN)c2ccnn2C(C)C)cc1Cl. The van der Waals surface area contributed by atoms with Gasteiger partial charge < -0.3 is 0 Å². The van der Waals surface area contributed by atoms with E-state index in [1.54, 1.807) is 6.20 Å². The van der Waals surface area contributed by atoms with E-state index in [2.05, 4.69) is 24.4 Å². The largest absolute Gasteiger partial charge is 0.271 e. The van der Waals surface area contributed by atoms with Crippen molar-refractivity contribution in [3.8, 4) is 0 Å². The number of nitrogens with one attached hydrogen (secondary N) is 1. The molecule has 1 unspecified atom stereocenters. The standard InChI is InChI=1S/C14H19ClN4/c1-9(2)19-13(6-7-17-19)14(18-16)11-5-4-10(3)12(15)8-11/h4-9,14,18H,16H2,1-3H3. The van der Waals surface area contributed by atoms with Crippen molar-refractivity contribution in [3.05, 3.63) is 52.3 Å². The Kier molecular flexibility index (Phi) is 4.24. The minimum absolute atomic E-state index is 0.122. The van der Waals surface area contributed by atoms with Crippen LogP contribution in [0.5, 0.6) is 0 Å². The van der Waals surface area contributed by atoms with E-state index < -0.39 is 0 Å². The smallest absolute Gasteiger partial charge is 0.0878 e. The van der Waals surface area contributed by atoms with Gasteiger partial charge >= 0.3 is 0 Å². The maximum Gasteiger partial charge on any atom is 0.0878 e. The molecule has 1 aromatic heterocycles. The van der Waals surface area contributed by atoms with Crippen LogP contribution in [0.1, 0.15) is 42.8 Å². The highest BCUT2D eigenvalue weighted by atomic mass is 35.5. The predicted molar refractivity (Wildman–Crippen MR) is 78.0 cm³/mol. The number of halogens is 1. The Morgan fingerprint density at radius 2 is 2.05 bits per heavy atom. The molecule has 1 heterocycles. The fourth-order valence-electron chi connectivity index (χ4n) is 2.13. The van der Waals surface area contributed by atoms with E-state index in [0.29, 0.717) is 0 Å². The third kappa shape index (κ3) is 2.81. The van der Waals surface area contributed by atoms with E-state index in [0.717, 1.165) is 21.8 Å². The molecule has 0 fully saturated rings. The molecule has 102 valence electrons. The molecule has 1 aromatic carbocycles. The third-order valence-corrected chi connectivity index (χ3v) is 3.59. The van der Waals surface area contributed by atoms with E-state index in [4.69, 9.17) is 17.4 Å². The van der Waals surface area contributed by atoms with Crippen molar-refractivity contribution in [2.24, 2.45) is 5.84 Å². The Balaban J connectivity index is 2.44. The highest BCUT2D eigenvalue weighted by molar-refractivity contribution is 6.31. The van der Waals surface area contributed by atoms with Crippen LogP contribution in [-0.2, 0) is 0 Å². The summed E-state index contributed by atoms with van der Waals surface area (Å²) in [5.41, 5.74) is 5.95.